The molecule has 21 nitrogen and oxygen atoms in total. The van der Waals surface area contributed by atoms with Crippen molar-refractivity contribution in [2.75, 3.05) is 18.9 Å². The van der Waals surface area contributed by atoms with Gasteiger partial charge >= 0.3 is 26.3 Å². The molecule has 5 N–H and O–H groups in total. The summed E-state index contributed by atoms with van der Waals surface area (Å²) in [6, 6.07) is 12.3. The van der Waals surface area contributed by atoms with Crippen molar-refractivity contribution < 1.29 is 65.0 Å². The van der Waals surface area contributed by atoms with Crippen molar-refractivity contribution in [1.82, 2.24) is 29.1 Å². The lowest BCUT2D eigenvalue weighted by molar-refractivity contribution is -0.0620. The van der Waals surface area contributed by atoms with E-state index in [1.807, 2.05) is 4.98 Å². The number of carbonyl (C=O) groups is 1. The lowest BCUT2D eigenvalue weighted by Crippen LogP contribution is -2.36. The van der Waals surface area contributed by atoms with Crippen molar-refractivity contribution in [2.45, 2.75) is 55.0 Å². The highest BCUT2D eigenvalue weighted by Gasteiger charge is 2.55. The minimum atomic E-state index is -5.28. The zero-order valence-corrected chi connectivity index (χ0v) is 32.4. The van der Waals surface area contributed by atoms with E-state index in [2.05, 4.69) is 15.0 Å². The quantitative estimate of drug-likeness (QED) is 0.104. The van der Waals surface area contributed by atoms with Crippen LogP contribution in [0.3, 0.4) is 0 Å². The van der Waals surface area contributed by atoms with Gasteiger partial charge in [-0.05, 0) is 53.3 Å². The fourth-order valence-corrected chi connectivity index (χ4v) is 10.7. The number of benzene rings is 2. The number of phosphoric ester groups is 1. The van der Waals surface area contributed by atoms with Gasteiger partial charge in [-0.25, -0.2) is 42.5 Å². The van der Waals surface area contributed by atoms with Gasteiger partial charge in [-0.3, -0.25) is 37.0 Å². The third kappa shape index (κ3) is 8.59. The summed E-state index contributed by atoms with van der Waals surface area (Å²) in [5.74, 6) is -0.741. The number of nitrogens with two attached hydrogens (primary N) is 1. The first-order valence-electron chi connectivity index (χ1n) is 17.3. The summed E-state index contributed by atoms with van der Waals surface area (Å²) in [6.45, 7) is -6.52. The van der Waals surface area contributed by atoms with E-state index in [9.17, 15) is 33.5 Å². The minimum absolute atomic E-state index is 0.0215. The smallest absolute Gasteiger partial charge is 0.472 e. The molecule has 3 fully saturated rings. The Morgan fingerprint density at radius 2 is 1.64 bits per heavy atom. The van der Waals surface area contributed by atoms with Crippen LogP contribution in [-0.2, 0) is 42.5 Å². The van der Waals surface area contributed by atoms with Crippen LogP contribution < -0.4 is 21.7 Å². The summed E-state index contributed by atoms with van der Waals surface area (Å²) in [5.41, 5.74) is 4.92. The predicted octanol–water partition coefficient (Wildman–Crippen LogP) is 3.31. The summed E-state index contributed by atoms with van der Waals surface area (Å²) in [5, 5.41) is 9.50. The summed E-state index contributed by atoms with van der Waals surface area (Å²) < 4.78 is 102. The maximum atomic E-state index is 16.5. The number of ether oxygens (including phenoxy) is 3. The molecule has 3 aromatic heterocycles. The average molecular weight is 882 g/mol. The van der Waals surface area contributed by atoms with Crippen LogP contribution in [0, 0.1) is 0 Å². The number of phosphoric acid groups is 1. The molecular weight excluding hydrogens is 850 g/mol. The van der Waals surface area contributed by atoms with E-state index in [-0.39, 0.29) is 39.8 Å². The van der Waals surface area contributed by atoms with Crippen LogP contribution in [0.2, 0.25) is 0 Å². The van der Waals surface area contributed by atoms with Gasteiger partial charge in [0.1, 0.15) is 47.8 Å². The van der Waals surface area contributed by atoms with Gasteiger partial charge in [0.05, 0.1) is 25.1 Å². The second kappa shape index (κ2) is 16.3. The van der Waals surface area contributed by atoms with E-state index in [4.69, 9.17) is 38.0 Å². The largest absolute Gasteiger partial charge is 0.508 e. The van der Waals surface area contributed by atoms with Gasteiger partial charge in [-0.1, -0.05) is 12.1 Å². The number of fused-ring (bicyclic) bond motifs is 4. The number of nitrogens with zero attached hydrogens (tertiary/aromatic N) is 5. The molecule has 2 bridgehead atoms. The average Bonchev–Trinajstić information content (AvgIpc) is 3.86. The fourth-order valence-electron chi connectivity index (χ4n) is 6.36. The number of nitrogen functional groups attached to an aromatic ring is 1. The zero-order valence-electron chi connectivity index (χ0n) is 29.8. The molecular formula is C33H31F2N7O14P2S. The maximum absolute atomic E-state index is 16.5. The Labute approximate surface area is 333 Å². The van der Waals surface area contributed by atoms with Crippen LogP contribution in [0.5, 0.6) is 11.5 Å². The molecule has 0 amide bonds. The highest BCUT2D eigenvalue weighted by molar-refractivity contribution is 8.54. The molecule has 10 atom stereocenters. The Morgan fingerprint density at radius 3 is 2.39 bits per heavy atom. The number of aromatic nitrogens is 6. The van der Waals surface area contributed by atoms with Crippen LogP contribution in [0.15, 0.2) is 83.0 Å². The summed E-state index contributed by atoms with van der Waals surface area (Å²) in [4.78, 5) is 61.7. The van der Waals surface area contributed by atoms with Gasteiger partial charge in [0.2, 0.25) is 0 Å². The molecule has 0 saturated carbocycles. The van der Waals surface area contributed by atoms with E-state index >= 15 is 8.78 Å². The number of anilines is 1. The van der Waals surface area contributed by atoms with Crippen LogP contribution >= 0.6 is 26.0 Å². The van der Waals surface area contributed by atoms with Crippen molar-refractivity contribution in [2.24, 2.45) is 0 Å². The molecule has 3 aliphatic rings. The van der Waals surface area contributed by atoms with Gasteiger partial charge < -0.3 is 29.9 Å². The van der Waals surface area contributed by atoms with Crippen molar-refractivity contribution in [3.8, 4) is 11.5 Å². The van der Waals surface area contributed by atoms with E-state index in [1.54, 1.807) is 0 Å². The Balaban J connectivity index is 1.10. The molecule has 0 radical (unpaired) electrons. The summed E-state index contributed by atoms with van der Waals surface area (Å²) in [6.07, 6.45) is -11.9. The molecule has 0 spiro atoms. The zero-order chi connectivity index (χ0) is 41.6. The Morgan fingerprint density at radius 1 is 0.915 bits per heavy atom. The first-order valence-corrected chi connectivity index (χ1v) is 22.0. The summed E-state index contributed by atoms with van der Waals surface area (Å²) >= 11 is 0.574. The predicted molar refractivity (Wildman–Crippen MR) is 199 cm³/mol. The number of aromatic amines is 1. The molecule has 3 saturated heterocycles. The molecule has 312 valence electrons. The van der Waals surface area contributed by atoms with Crippen LogP contribution in [0.4, 0.5) is 14.6 Å². The lowest BCUT2D eigenvalue weighted by atomic mass is 10.1. The Bertz CT molecular complexity index is 2590. The molecule has 3 aliphatic heterocycles. The number of nitrogens with one attached hydrogen (secondary N) is 1. The third-order valence-electron chi connectivity index (χ3n) is 9.25. The van der Waals surface area contributed by atoms with Gasteiger partial charge in [0, 0.05) is 18.0 Å². The number of alkyl halides is 2. The number of phenols is 1. The number of carbonyl (C=O) groups excluding carboxylic acids is 1. The van der Waals surface area contributed by atoms with Crippen molar-refractivity contribution in [3.63, 3.8) is 0 Å². The molecule has 1 unspecified atom stereocenters. The second-order valence-corrected chi connectivity index (χ2v) is 18.6. The van der Waals surface area contributed by atoms with E-state index < -0.39 is 94.3 Å². The number of imidazole rings is 1. The molecule has 6 heterocycles. The summed E-state index contributed by atoms with van der Waals surface area (Å²) in [7, 11) is -5.28. The maximum Gasteiger partial charge on any atom is 0.472 e. The van der Waals surface area contributed by atoms with Gasteiger partial charge in [0.15, 0.2) is 36.3 Å². The number of hydrogen-bond donors (Lipinski definition) is 4. The molecule has 0 aliphatic carbocycles. The highest BCUT2D eigenvalue weighted by Crippen LogP contribution is 2.65. The van der Waals surface area contributed by atoms with Gasteiger partial charge in [0.25, 0.3) is 5.56 Å². The van der Waals surface area contributed by atoms with Gasteiger partial charge in [-0.2, -0.15) is 0 Å². The van der Waals surface area contributed by atoms with Crippen LogP contribution in [0.25, 0.3) is 11.2 Å². The van der Waals surface area contributed by atoms with E-state index in [0.717, 1.165) is 18.6 Å². The molecule has 2 aromatic carbocycles. The third-order valence-corrected chi connectivity index (χ3v) is 13.9. The normalized spacial score (nSPS) is 31.2. The van der Waals surface area contributed by atoms with Crippen molar-refractivity contribution in [1.29, 1.82) is 0 Å². The number of H-pyrrole nitrogens is 1. The number of rotatable bonds is 7. The first-order chi connectivity index (χ1) is 28.2. The van der Waals surface area contributed by atoms with Crippen LogP contribution in [0.1, 0.15) is 28.4 Å². The number of hydrogen-bond acceptors (Lipinski definition) is 18. The first kappa shape index (κ1) is 40.9. The van der Waals surface area contributed by atoms with E-state index in [0.29, 0.717) is 21.5 Å². The van der Waals surface area contributed by atoms with Crippen molar-refractivity contribution in [3.05, 3.63) is 105 Å². The fraction of sp³-hybridized carbons (Fsp3) is 0.333. The molecule has 5 aromatic rings. The number of aromatic hydroxyl groups is 1. The number of phenolic OH excluding ortho intramolecular Hbond substituents is 1. The SMILES string of the molecule is Nc1ncnc2c1ncn2[C@@H]1O[C@@H]2COP(=O)(O)O[C@H]3[C@@H](F)[C@H](n4ccc(=O)[nH]c4=O)O[C@@H]3CO[P@](=O)(SCc3ccc(OC(=O)c4ccc(O)cc4)cc3)O[C@@H]1[C@@H]2F. The number of esters is 1. The van der Waals surface area contributed by atoms with Crippen molar-refractivity contribution >= 4 is 49.0 Å². The Kier molecular flexibility index (Phi) is 11.3. The molecule has 26 heteroatoms. The minimum Gasteiger partial charge on any atom is -0.508 e. The lowest BCUT2D eigenvalue weighted by Gasteiger charge is -2.27. The molecule has 8 rings (SSSR count). The standard InChI is InChI=1S/C33H31F2N7O14P2S/c34-23-20-11-50-57(47,48)55-26-21(54-30(24(26)35)41-10-9-22(44)40-33(41)46)12-51-58(49,56-27(23)31(53-20)42-15-39-25-28(36)37-14-38-29(25)42)59-13-16-1-7-19(8-2-16)52-32(45)17-3-5-18(43)6-4-17/h1-10,14-15,20-21,23-24,26-27,30-31,43H,11-13H2,(H,47,48)(H2,36,37,38)(H,40,44,46)/t20-,21-,23-,24-,26-,27-,30-,31-,58+/m1/s1. The Hall–Kier alpha value is -4.87. The topological polar surface area (TPSA) is 281 Å². The monoisotopic (exact) mass is 881 g/mol. The van der Waals surface area contributed by atoms with Gasteiger partial charge in [-0.15, -0.1) is 0 Å². The highest BCUT2D eigenvalue weighted by atomic mass is 32.7. The number of halogens is 2. The second-order valence-electron chi connectivity index (χ2n) is 13.1. The molecule has 59 heavy (non-hydrogen) atoms. The van der Waals surface area contributed by atoms with E-state index in [1.165, 1.54) is 59.4 Å². The van der Waals surface area contributed by atoms with Crippen LogP contribution in [-0.4, -0.2) is 95.0 Å².